The fourth-order valence-corrected chi connectivity index (χ4v) is 0. The fraction of sp³-hybridized carbons (Fsp3) is 0.500. The summed E-state index contributed by atoms with van der Waals surface area (Å²) in [6.07, 6.45) is 0. The largest absolute Gasteiger partial charge is 1.00 e. The minimum atomic E-state index is -0.833. The molecule has 0 saturated carbocycles. The van der Waals surface area contributed by atoms with Crippen molar-refractivity contribution >= 4 is 5.97 Å². The molecule has 0 aliphatic heterocycles. The van der Waals surface area contributed by atoms with Crippen molar-refractivity contribution in [3.8, 4) is 0 Å². The Bertz CT molecular complexity index is 34.5. The number of hydrogen-bond acceptors (Lipinski definition) is 1. The van der Waals surface area contributed by atoms with Crippen molar-refractivity contribution in [2.75, 3.05) is 0 Å². The van der Waals surface area contributed by atoms with Gasteiger partial charge in [0.25, 0.3) is 5.97 Å². The van der Waals surface area contributed by atoms with Crippen molar-refractivity contribution in [3.05, 3.63) is 0 Å². The zero-order chi connectivity index (χ0) is 3.58. The monoisotopic (exact) mass is 80.0 g/mol. The Morgan fingerprint density at radius 3 is 2.00 bits per heavy atom. The zero-order valence-corrected chi connectivity index (χ0v) is 2.73. The first-order valence-corrected chi connectivity index (χ1v) is 0.928. The van der Waals surface area contributed by atoms with E-state index in [4.69, 9.17) is 9.90 Å². The molecule has 0 fully saturated rings. The van der Waals surface area contributed by atoms with Crippen LogP contribution in [-0.4, -0.2) is 11.1 Å². The maximum atomic E-state index is 9.00. The molecule has 32 valence electrons. The van der Waals surface area contributed by atoms with Crippen molar-refractivity contribution in [2.24, 2.45) is 0 Å². The first-order chi connectivity index (χ1) is 1.73. The summed E-state index contributed by atoms with van der Waals surface area (Å²) in [7, 11) is 0. The fourth-order valence-electron chi connectivity index (χ4n) is 0. The maximum absolute atomic E-state index is 9.00. The van der Waals surface area contributed by atoms with Crippen LogP contribution in [0, 0.1) is 0 Å². The van der Waals surface area contributed by atoms with Crippen LogP contribution in [0.25, 0.3) is 0 Å². The van der Waals surface area contributed by atoms with Crippen molar-refractivity contribution < 1.29 is 16.0 Å². The van der Waals surface area contributed by atoms with Gasteiger partial charge < -0.3 is 9.81 Å². The molecule has 0 amide bonds. The Hall–Kier alpha value is -0.600. The lowest BCUT2D eigenvalue weighted by Crippen LogP contribution is -3.00. The van der Waals surface area contributed by atoms with E-state index in [0.717, 1.165) is 6.92 Å². The smallest absolute Gasteiger partial charge is 1.00 e. The van der Waals surface area contributed by atoms with E-state index in [1.54, 1.807) is 0 Å². The lowest BCUT2D eigenvalue weighted by atomic mass is 10.9. The van der Waals surface area contributed by atoms with Crippen LogP contribution in [0.15, 0.2) is 0 Å². The molecule has 0 bridgehead atoms. The van der Waals surface area contributed by atoms with Gasteiger partial charge in [-0.15, -0.1) is 0 Å². The molecule has 2 nitrogen and oxygen atoms in total. The summed E-state index contributed by atoms with van der Waals surface area (Å²) < 4.78 is 0. The summed E-state index contributed by atoms with van der Waals surface area (Å²) in [4.78, 5) is 9.00. The summed E-state index contributed by atoms with van der Waals surface area (Å²) >= 11 is 0. The Morgan fingerprint density at radius 2 is 2.00 bits per heavy atom. The molecule has 0 unspecified atom stereocenters. The number of halogens is 1. The highest BCUT2D eigenvalue weighted by molar-refractivity contribution is 5.62. The average molecular weight is 80.1 g/mol. The van der Waals surface area contributed by atoms with Crippen LogP contribution >= 0.6 is 0 Å². The van der Waals surface area contributed by atoms with Gasteiger partial charge in [0.15, 0.2) is 0 Å². The lowest BCUT2D eigenvalue weighted by Gasteiger charge is -1.59. The summed E-state index contributed by atoms with van der Waals surface area (Å²) in [6, 6.07) is 0. The van der Waals surface area contributed by atoms with Crippen LogP contribution < -0.4 is 4.70 Å². The van der Waals surface area contributed by atoms with E-state index in [1.807, 2.05) is 0 Å². The van der Waals surface area contributed by atoms with Gasteiger partial charge in [-0.05, 0) is 0 Å². The van der Waals surface area contributed by atoms with Crippen molar-refractivity contribution in [1.82, 2.24) is 0 Å². The van der Waals surface area contributed by atoms with Crippen molar-refractivity contribution in [1.29, 1.82) is 0 Å². The van der Waals surface area contributed by atoms with E-state index < -0.39 is 5.97 Å². The molecule has 0 atom stereocenters. The Labute approximate surface area is 30.3 Å². The van der Waals surface area contributed by atoms with E-state index in [2.05, 4.69) is 0 Å². The van der Waals surface area contributed by atoms with Crippen LogP contribution in [0.1, 0.15) is 8.35 Å². The molecule has 0 rings (SSSR count). The van der Waals surface area contributed by atoms with Gasteiger partial charge in [-0.1, -0.05) is 0 Å². The van der Waals surface area contributed by atoms with Crippen molar-refractivity contribution in [3.63, 3.8) is 0 Å². The molecule has 0 aliphatic carbocycles. The molecule has 1 N–H and O–H groups in total. The Morgan fingerprint density at radius 1 is 2.00 bits per heavy atom. The van der Waals surface area contributed by atoms with Gasteiger partial charge >= 0.3 is 1.43 Å². The van der Waals surface area contributed by atoms with Gasteiger partial charge in [0, 0.05) is 6.92 Å². The molecule has 0 heterocycles. The van der Waals surface area contributed by atoms with Crippen LogP contribution in [-0.2, 0) is 4.79 Å². The molecule has 3 heteroatoms. The molecule has 0 aliphatic rings. The highest BCUT2D eigenvalue weighted by Gasteiger charge is 1.65. The van der Waals surface area contributed by atoms with Gasteiger partial charge in [-0.2, -0.15) is 0 Å². The number of carbonyl (C=O) groups is 1. The highest BCUT2D eigenvalue weighted by atomic mass is 19.0. The molecule has 0 radical (unpaired) electrons. The lowest BCUT2D eigenvalue weighted by molar-refractivity contribution is -0.134. The van der Waals surface area contributed by atoms with Gasteiger partial charge in [0.1, 0.15) is 0 Å². The van der Waals surface area contributed by atoms with E-state index >= 15 is 0 Å². The summed E-state index contributed by atoms with van der Waals surface area (Å²) in [5.74, 6) is -0.833. The predicted molar refractivity (Wildman–Crippen MR) is 14.4 cm³/mol. The topological polar surface area (TPSA) is 37.3 Å². The maximum Gasteiger partial charge on any atom is 1.00 e. The zero-order valence-electron chi connectivity index (χ0n) is 3.73. The predicted octanol–water partition coefficient (Wildman–Crippen LogP) is -2.79. The molecular weight excluding hydrogens is 75.0 g/mol. The average Bonchev–Trinajstić information content (AvgIpc) is 0.811. The first-order valence-electron chi connectivity index (χ1n) is 0.928. The third-order valence-corrected chi connectivity index (χ3v) is 0. The molecule has 0 spiro atoms. The molecule has 0 aromatic carbocycles. The normalized spacial score (nSPS) is 5.00. The van der Waals surface area contributed by atoms with Crippen LogP contribution in [0.3, 0.4) is 0 Å². The van der Waals surface area contributed by atoms with E-state index in [1.165, 1.54) is 0 Å². The standard InChI is InChI=1S/C2H4O2.FH/c1-2(3)4;/h1H3,(H,3,4);1H. The third kappa shape index (κ3) is 18.5. The number of rotatable bonds is 0. The van der Waals surface area contributed by atoms with E-state index in [9.17, 15) is 0 Å². The molecule has 5 heavy (non-hydrogen) atoms. The number of aliphatic carboxylic acids is 1. The second-order valence-electron chi connectivity index (χ2n) is 0.519. The third-order valence-electron chi connectivity index (χ3n) is 0. The number of carboxylic acid groups (broad SMARTS) is 1. The number of hydrogen-bond donors (Lipinski definition) is 1. The molecule has 0 saturated heterocycles. The van der Waals surface area contributed by atoms with Gasteiger partial charge in [-0.25, -0.2) is 0 Å². The van der Waals surface area contributed by atoms with E-state index in [0.29, 0.717) is 0 Å². The molecular formula is C2H5FO2. The molecule has 0 aromatic heterocycles. The van der Waals surface area contributed by atoms with Gasteiger partial charge in [0.05, 0.1) is 0 Å². The van der Waals surface area contributed by atoms with E-state index in [-0.39, 0.29) is 6.13 Å². The minimum absolute atomic E-state index is 0. The molecule has 0 aromatic rings. The summed E-state index contributed by atoms with van der Waals surface area (Å²) in [6.45, 7) is 1.08. The summed E-state index contributed by atoms with van der Waals surface area (Å²) in [5, 5.41) is 7.42. The first kappa shape index (κ1) is 8.83. The van der Waals surface area contributed by atoms with Crippen LogP contribution in [0.4, 0.5) is 0 Å². The van der Waals surface area contributed by atoms with Crippen LogP contribution in [0.5, 0.6) is 0 Å². The number of carboxylic acids is 1. The Balaban J connectivity index is -0.0000000450. The quantitative estimate of drug-likeness (QED) is 0.341. The van der Waals surface area contributed by atoms with Crippen LogP contribution in [0.2, 0.25) is 0 Å². The highest BCUT2D eigenvalue weighted by Crippen LogP contribution is 1.42. The minimum Gasteiger partial charge on any atom is -1.00 e. The SMILES string of the molecule is CC(=O)O.[F-].[H+]. The van der Waals surface area contributed by atoms with Gasteiger partial charge in [0.2, 0.25) is 0 Å². The second kappa shape index (κ2) is 3.40. The van der Waals surface area contributed by atoms with Crippen molar-refractivity contribution in [2.45, 2.75) is 6.92 Å². The second-order valence-corrected chi connectivity index (χ2v) is 0.519. The summed E-state index contributed by atoms with van der Waals surface area (Å²) in [5.41, 5.74) is 0. The van der Waals surface area contributed by atoms with Gasteiger partial charge in [-0.3, -0.25) is 4.79 Å². The Kier molecular flexibility index (Phi) is 6.00.